The number of rotatable bonds is 5. The number of likely N-dealkylation sites (tertiary alicyclic amines) is 1. The minimum atomic E-state index is -0.0853. The lowest BCUT2D eigenvalue weighted by Crippen LogP contribution is -2.52. The highest BCUT2D eigenvalue weighted by atomic mass is 16.2. The van der Waals surface area contributed by atoms with Crippen molar-refractivity contribution < 1.29 is 9.59 Å². The van der Waals surface area contributed by atoms with Crippen molar-refractivity contribution >= 4 is 17.8 Å². The summed E-state index contributed by atoms with van der Waals surface area (Å²) < 4.78 is 0. The molecule has 7 heteroatoms. The second-order valence-corrected chi connectivity index (χ2v) is 5.36. The van der Waals surface area contributed by atoms with Crippen LogP contribution in [0.4, 0.5) is 10.6 Å². The monoisotopic (exact) mass is 305 g/mol. The van der Waals surface area contributed by atoms with Crippen LogP contribution in [0, 0.1) is 0 Å². The van der Waals surface area contributed by atoms with E-state index in [1.165, 1.54) is 6.92 Å². The van der Waals surface area contributed by atoms with E-state index < -0.39 is 0 Å². The van der Waals surface area contributed by atoms with E-state index in [9.17, 15) is 9.59 Å². The number of nitrogens with zero attached hydrogens (tertiary/aromatic N) is 2. The first-order chi connectivity index (χ1) is 10.6. The first-order valence-corrected chi connectivity index (χ1v) is 7.60. The fourth-order valence-electron chi connectivity index (χ4n) is 2.51. The summed E-state index contributed by atoms with van der Waals surface area (Å²) in [6, 6.07) is 5.62. The molecule has 3 amide bonds. The Hall–Kier alpha value is -2.31. The van der Waals surface area contributed by atoms with Gasteiger partial charge >= 0.3 is 6.03 Å². The number of amides is 3. The van der Waals surface area contributed by atoms with Crippen molar-refractivity contribution in [1.29, 1.82) is 0 Å². The molecule has 3 N–H and O–H groups in total. The van der Waals surface area contributed by atoms with E-state index >= 15 is 0 Å². The molecule has 1 aliphatic rings. The van der Waals surface area contributed by atoms with Gasteiger partial charge in [0.25, 0.3) is 0 Å². The lowest BCUT2D eigenvalue weighted by molar-refractivity contribution is -0.119. The van der Waals surface area contributed by atoms with Crippen molar-refractivity contribution in [1.82, 2.24) is 20.5 Å². The molecule has 120 valence electrons. The number of aromatic nitrogens is 1. The van der Waals surface area contributed by atoms with E-state index in [0.717, 1.165) is 25.2 Å². The van der Waals surface area contributed by atoms with Gasteiger partial charge in [-0.3, -0.25) is 4.79 Å². The molecule has 7 nitrogen and oxygen atoms in total. The zero-order valence-corrected chi connectivity index (χ0v) is 12.8. The minimum absolute atomic E-state index is 0.0492. The van der Waals surface area contributed by atoms with Gasteiger partial charge in [-0.2, -0.15) is 0 Å². The van der Waals surface area contributed by atoms with Gasteiger partial charge in [0.1, 0.15) is 5.82 Å². The van der Waals surface area contributed by atoms with E-state index in [1.54, 1.807) is 11.1 Å². The van der Waals surface area contributed by atoms with Gasteiger partial charge in [0.05, 0.1) is 0 Å². The fourth-order valence-corrected chi connectivity index (χ4v) is 2.51. The molecule has 1 aliphatic heterocycles. The summed E-state index contributed by atoms with van der Waals surface area (Å²) in [5, 5.41) is 8.89. The molecule has 2 heterocycles. The third kappa shape index (κ3) is 5.23. The second kappa shape index (κ2) is 8.21. The van der Waals surface area contributed by atoms with Crippen molar-refractivity contribution in [3.05, 3.63) is 24.4 Å². The van der Waals surface area contributed by atoms with Gasteiger partial charge in [-0.1, -0.05) is 6.07 Å². The standard InChI is InChI=1S/C15H23N5O2/c1-12(21)19-13-5-4-10-20(11-13)15(22)18-9-8-17-14-6-2-3-7-16-14/h2-3,6-7,13H,4-5,8-11H2,1H3,(H,16,17)(H,18,22)(H,19,21)/t13-/m1/s1. The third-order valence-corrected chi connectivity index (χ3v) is 3.49. The summed E-state index contributed by atoms with van der Waals surface area (Å²) in [4.78, 5) is 29.1. The van der Waals surface area contributed by atoms with Gasteiger partial charge in [-0.05, 0) is 25.0 Å². The van der Waals surface area contributed by atoms with Crippen LogP contribution < -0.4 is 16.0 Å². The minimum Gasteiger partial charge on any atom is -0.368 e. The summed E-state index contributed by atoms with van der Waals surface area (Å²) in [5.74, 6) is 0.743. The summed E-state index contributed by atoms with van der Waals surface area (Å²) in [5.41, 5.74) is 0. The van der Waals surface area contributed by atoms with Gasteiger partial charge < -0.3 is 20.9 Å². The Morgan fingerprint density at radius 1 is 1.36 bits per heavy atom. The Bertz CT molecular complexity index is 494. The maximum Gasteiger partial charge on any atom is 0.317 e. The molecule has 1 saturated heterocycles. The van der Waals surface area contributed by atoms with Gasteiger partial charge in [0.2, 0.25) is 5.91 Å². The van der Waals surface area contributed by atoms with Gasteiger partial charge in [0.15, 0.2) is 0 Å². The first kappa shape index (κ1) is 16.1. The Morgan fingerprint density at radius 3 is 2.95 bits per heavy atom. The van der Waals surface area contributed by atoms with Crippen LogP contribution in [-0.2, 0) is 4.79 Å². The van der Waals surface area contributed by atoms with Crippen molar-refractivity contribution in [2.75, 3.05) is 31.5 Å². The number of piperidine rings is 1. The number of urea groups is 1. The van der Waals surface area contributed by atoms with E-state index in [-0.39, 0.29) is 18.0 Å². The molecule has 0 radical (unpaired) electrons. The molecule has 1 aromatic heterocycles. The molecular weight excluding hydrogens is 282 g/mol. The van der Waals surface area contributed by atoms with Crippen LogP contribution in [0.25, 0.3) is 0 Å². The third-order valence-electron chi connectivity index (χ3n) is 3.49. The Balaban J connectivity index is 1.67. The van der Waals surface area contributed by atoms with Crippen LogP contribution in [0.1, 0.15) is 19.8 Å². The molecule has 1 atom stereocenters. The summed E-state index contributed by atoms with van der Waals surface area (Å²) in [7, 11) is 0. The number of carbonyl (C=O) groups excluding carboxylic acids is 2. The van der Waals surface area contributed by atoms with Crippen LogP contribution >= 0.6 is 0 Å². The first-order valence-electron chi connectivity index (χ1n) is 7.60. The van der Waals surface area contributed by atoms with Gasteiger partial charge in [0, 0.05) is 45.3 Å². The zero-order valence-electron chi connectivity index (χ0n) is 12.8. The maximum atomic E-state index is 12.1. The quantitative estimate of drug-likeness (QED) is 0.703. The highest BCUT2D eigenvalue weighted by Crippen LogP contribution is 2.10. The number of anilines is 1. The average molecular weight is 305 g/mol. The number of hydrogen-bond acceptors (Lipinski definition) is 4. The SMILES string of the molecule is CC(=O)N[C@@H]1CCCN(C(=O)NCCNc2ccccn2)C1. The molecule has 1 fully saturated rings. The predicted molar refractivity (Wildman–Crippen MR) is 84.5 cm³/mol. The molecule has 0 aromatic carbocycles. The molecule has 22 heavy (non-hydrogen) atoms. The summed E-state index contributed by atoms with van der Waals surface area (Å²) in [6.45, 7) is 3.94. The molecule has 1 aromatic rings. The van der Waals surface area contributed by atoms with Crippen molar-refractivity contribution in [2.24, 2.45) is 0 Å². The maximum absolute atomic E-state index is 12.1. The Kier molecular flexibility index (Phi) is 6.00. The smallest absolute Gasteiger partial charge is 0.317 e. The average Bonchev–Trinajstić information content (AvgIpc) is 2.52. The van der Waals surface area contributed by atoms with E-state index in [4.69, 9.17) is 0 Å². The number of nitrogens with one attached hydrogen (secondary N) is 3. The molecule has 2 rings (SSSR count). The second-order valence-electron chi connectivity index (χ2n) is 5.36. The van der Waals surface area contributed by atoms with Crippen molar-refractivity contribution in [3.8, 4) is 0 Å². The van der Waals surface area contributed by atoms with E-state index in [2.05, 4.69) is 20.9 Å². The lowest BCUT2D eigenvalue weighted by atomic mass is 10.1. The van der Waals surface area contributed by atoms with E-state index in [1.807, 2.05) is 18.2 Å². The summed E-state index contributed by atoms with van der Waals surface area (Å²) >= 11 is 0. The highest BCUT2D eigenvalue weighted by molar-refractivity contribution is 5.75. The van der Waals surface area contributed by atoms with Crippen LogP contribution in [-0.4, -0.2) is 54.0 Å². The fraction of sp³-hybridized carbons (Fsp3) is 0.533. The number of hydrogen-bond donors (Lipinski definition) is 3. The van der Waals surface area contributed by atoms with Crippen LogP contribution in [0.3, 0.4) is 0 Å². The molecule has 0 bridgehead atoms. The lowest BCUT2D eigenvalue weighted by Gasteiger charge is -2.33. The molecule has 0 aliphatic carbocycles. The molecule has 0 unspecified atom stereocenters. The Morgan fingerprint density at radius 2 is 2.23 bits per heavy atom. The number of carbonyl (C=O) groups is 2. The van der Waals surface area contributed by atoms with Crippen molar-refractivity contribution in [3.63, 3.8) is 0 Å². The van der Waals surface area contributed by atoms with E-state index in [0.29, 0.717) is 19.6 Å². The molecular formula is C15H23N5O2. The largest absolute Gasteiger partial charge is 0.368 e. The number of pyridine rings is 1. The molecule has 0 spiro atoms. The highest BCUT2D eigenvalue weighted by Gasteiger charge is 2.23. The van der Waals surface area contributed by atoms with Crippen LogP contribution in [0.5, 0.6) is 0 Å². The van der Waals surface area contributed by atoms with Gasteiger partial charge in [-0.25, -0.2) is 9.78 Å². The van der Waals surface area contributed by atoms with Crippen LogP contribution in [0.15, 0.2) is 24.4 Å². The normalized spacial score (nSPS) is 17.7. The van der Waals surface area contributed by atoms with Gasteiger partial charge in [-0.15, -0.1) is 0 Å². The predicted octanol–water partition coefficient (Wildman–Crippen LogP) is 0.804. The zero-order chi connectivity index (χ0) is 15.8. The van der Waals surface area contributed by atoms with Crippen molar-refractivity contribution in [2.45, 2.75) is 25.8 Å². The topological polar surface area (TPSA) is 86.4 Å². The summed E-state index contributed by atoms with van der Waals surface area (Å²) in [6.07, 6.45) is 3.55. The molecule has 0 saturated carbocycles. The van der Waals surface area contributed by atoms with Crippen LogP contribution in [0.2, 0.25) is 0 Å². The Labute approximate surface area is 130 Å².